The summed E-state index contributed by atoms with van der Waals surface area (Å²) in [7, 11) is 1.18. The van der Waals surface area contributed by atoms with Crippen LogP contribution in [-0.2, 0) is 25.5 Å². The van der Waals surface area contributed by atoms with Gasteiger partial charge in [-0.15, -0.1) is 0 Å². The molecule has 2 N–H and O–H groups in total. The van der Waals surface area contributed by atoms with Gasteiger partial charge >= 0.3 is 5.97 Å². The third-order valence-corrected chi connectivity index (χ3v) is 3.76. The molecule has 0 aliphatic rings. The van der Waals surface area contributed by atoms with E-state index in [-0.39, 0.29) is 12.8 Å². The number of hydrogen-bond donors (Lipinski definition) is 2. The summed E-state index contributed by atoms with van der Waals surface area (Å²) in [6.45, 7) is 2.88. The van der Waals surface area contributed by atoms with Gasteiger partial charge in [-0.25, -0.2) is 9.18 Å². The van der Waals surface area contributed by atoms with E-state index in [1.807, 2.05) is 6.07 Å². The molecule has 0 saturated carbocycles. The lowest BCUT2D eigenvalue weighted by Gasteiger charge is -2.24. The van der Waals surface area contributed by atoms with E-state index in [9.17, 15) is 18.8 Å². The van der Waals surface area contributed by atoms with E-state index in [2.05, 4.69) is 15.4 Å². The Morgan fingerprint density at radius 3 is 2.54 bits per heavy atom. The fourth-order valence-corrected chi connectivity index (χ4v) is 2.43. The fourth-order valence-electron chi connectivity index (χ4n) is 2.43. The average Bonchev–Trinajstić information content (AvgIpc) is 2.58. The number of carbonyl (C=O) groups is 3. The normalized spacial score (nSPS) is 13.7. The minimum atomic E-state index is -1.03. The van der Waals surface area contributed by atoms with Crippen molar-refractivity contribution in [2.45, 2.75) is 38.8 Å². The van der Waals surface area contributed by atoms with Gasteiger partial charge < -0.3 is 15.4 Å². The molecule has 0 fully saturated rings. The maximum atomic E-state index is 13.4. The van der Waals surface area contributed by atoms with E-state index < -0.39 is 41.6 Å². The van der Waals surface area contributed by atoms with Gasteiger partial charge in [0, 0.05) is 25.7 Å². The smallest absolute Gasteiger partial charge is 0.328 e. The number of halogens is 1. The molecule has 26 heavy (non-hydrogen) atoms. The minimum Gasteiger partial charge on any atom is -0.467 e. The molecule has 140 valence electrons. The highest BCUT2D eigenvalue weighted by Crippen LogP contribution is 2.11. The molecule has 0 radical (unpaired) electrons. The molecule has 3 atom stereocenters. The Labute approximate surface area is 151 Å². The molecule has 0 aliphatic heterocycles. The molecule has 0 aromatic heterocycles. The predicted octanol–water partition coefficient (Wildman–Crippen LogP) is 1.08. The molecule has 8 heteroatoms. The third kappa shape index (κ3) is 6.51. The van der Waals surface area contributed by atoms with Gasteiger partial charge in [0.05, 0.1) is 13.2 Å². The van der Waals surface area contributed by atoms with E-state index in [4.69, 9.17) is 5.26 Å². The molecule has 2 amide bonds. The van der Waals surface area contributed by atoms with Crippen molar-refractivity contribution < 1.29 is 23.5 Å². The van der Waals surface area contributed by atoms with Crippen LogP contribution in [0.15, 0.2) is 24.3 Å². The zero-order valence-electron chi connectivity index (χ0n) is 14.9. The number of amides is 2. The average molecular weight is 363 g/mol. The minimum absolute atomic E-state index is 0.0365. The number of rotatable bonds is 8. The SMILES string of the molecule is COC(=O)[C@@H](NC(=O)[C@H](Cc1cccc(F)c1)NC(C)=O)[C@H](C)CC#N. The van der Waals surface area contributed by atoms with Crippen LogP contribution < -0.4 is 10.6 Å². The zero-order chi connectivity index (χ0) is 19.7. The van der Waals surface area contributed by atoms with Crippen molar-refractivity contribution in [3.63, 3.8) is 0 Å². The third-order valence-electron chi connectivity index (χ3n) is 3.76. The first-order chi connectivity index (χ1) is 12.3. The summed E-state index contributed by atoms with van der Waals surface area (Å²) in [6.07, 6.45) is 0.0818. The lowest BCUT2D eigenvalue weighted by atomic mass is 9.97. The second-order valence-corrected chi connectivity index (χ2v) is 5.94. The number of nitrogens with one attached hydrogen (secondary N) is 2. The number of carbonyl (C=O) groups excluding carboxylic acids is 3. The summed E-state index contributed by atoms with van der Waals surface area (Å²) in [4.78, 5) is 36.0. The Morgan fingerprint density at radius 2 is 2.00 bits per heavy atom. The van der Waals surface area contributed by atoms with Gasteiger partial charge in [0.15, 0.2) is 0 Å². The van der Waals surface area contributed by atoms with Gasteiger partial charge in [0.2, 0.25) is 11.8 Å². The Morgan fingerprint density at radius 1 is 1.31 bits per heavy atom. The molecule has 0 heterocycles. The van der Waals surface area contributed by atoms with Crippen LogP contribution in [0.2, 0.25) is 0 Å². The molecule has 1 aromatic rings. The van der Waals surface area contributed by atoms with Crippen LogP contribution in [0.4, 0.5) is 4.39 Å². The summed E-state index contributed by atoms with van der Waals surface area (Å²) in [6, 6.07) is 5.56. The van der Waals surface area contributed by atoms with Crippen molar-refractivity contribution in [2.75, 3.05) is 7.11 Å². The molecular weight excluding hydrogens is 341 g/mol. The second-order valence-electron chi connectivity index (χ2n) is 5.94. The van der Waals surface area contributed by atoms with Crippen LogP contribution in [0, 0.1) is 23.1 Å². The molecule has 0 bridgehead atoms. The van der Waals surface area contributed by atoms with Gasteiger partial charge in [-0.1, -0.05) is 19.1 Å². The number of nitrogens with zero attached hydrogens (tertiary/aromatic N) is 1. The van der Waals surface area contributed by atoms with Crippen molar-refractivity contribution in [3.8, 4) is 6.07 Å². The highest BCUT2D eigenvalue weighted by molar-refractivity contribution is 5.90. The summed E-state index contributed by atoms with van der Waals surface area (Å²) in [5.41, 5.74) is 0.513. The molecule has 7 nitrogen and oxygen atoms in total. The van der Waals surface area contributed by atoms with Gasteiger partial charge in [-0.05, 0) is 17.7 Å². The summed E-state index contributed by atoms with van der Waals surface area (Å²) in [5, 5.41) is 13.8. The highest BCUT2D eigenvalue weighted by Gasteiger charge is 2.30. The predicted molar refractivity (Wildman–Crippen MR) is 91.0 cm³/mol. The summed E-state index contributed by atoms with van der Waals surface area (Å²) >= 11 is 0. The van der Waals surface area contributed by atoms with Crippen molar-refractivity contribution >= 4 is 17.8 Å². The zero-order valence-corrected chi connectivity index (χ0v) is 14.9. The number of hydrogen-bond acceptors (Lipinski definition) is 5. The first-order valence-electron chi connectivity index (χ1n) is 8.05. The van der Waals surface area contributed by atoms with Crippen LogP contribution in [0.5, 0.6) is 0 Å². The molecular formula is C18H22FN3O4. The number of esters is 1. The highest BCUT2D eigenvalue weighted by atomic mass is 19.1. The molecule has 0 spiro atoms. The van der Waals surface area contributed by atoms with E-state index in [1.54, 1.807) is 13.0 Å². The van der Waals surface area contributed by atoms with Crippen LogP contribution in [-0.4, -0.2) is 37.0 Å². The second kappa shape index (κ2) is 10.1. The summed E-state index contributed by atoms with van der Waals surface area (Å²) in [5.74, 6) is -2.69. The van der Waals surface area contributed by atoms with Crippen molar-refractivity contribution in [1.82, 2.24) is 10.6 Å². The van der Waals surface area contributed by atoms with Gasteiger partial charge in [-0.3, -0.25) is 9.59 Å². The Bertz CT molecular complexity index is 702. The van der Waals surface area contributed by atoms with Crippen LogP contribution in [0.1, 0.15) is 25.8 Å². The molecule has 0 saturated heterocycles. The van der Waals surface area contributed by atoms with Gasteiger partial charge in [0.1, 0.15) is 17.9 Å². The number of benzene rings is 1. The quantitative estimate of drug-likeness (QED) is 0.672. The number of methoxy groups -OCH3 is 1. The standard InChI is InChI=1S/C18H22FN3O4/c1-11(7-8-20)16(18(25)26-3)22-17(24)15(21-12(2)23)10-13-5-4-6-14(19)9-13/h4-6,9,11,15-16H,7,10H2,1-3H3,(H,21,23)(H,22,24)/t11-,15+,16+/m1/s1. The lowest BCUT2D eigenvalue weighted by Crippen LogP contribution is -2.54. The first kappa shape index (κ1) is 21.1. The molecule has 1 aromatic carbocycles. The van der Waals surface area contributed by atoms with Crippen molar-refractivity contribution in [1.29, 1.82) is 5.26 Å². The van der Waals surface area contributed by atoms with Crippen LogP contribution in [0.25, 0.3) is 0 Å². The largest absolute Gasteiger partial charge is 0.467 e. The first-order valence-corrected chi connectivity index (χ1v) is 8.05. The lowest BCUT2D eigenvalue weighted by molar-refractivity contribution is -0.146. The van der Waals surface area contributed by atoms with Gasteiger partial charge in [-0.2, -0.15) is 5.26 Å². The van der Waals surface area contributed by atoms with E-state index >= 15 is 0 Å². The molecule has 0 aliphatic carbocycles. The number of nitriles is 1. The topological polar surface area (TPSA) is 108 Å². The molecule has 1 rings (SSSR count). The van der Waals surface area contributed by atoms with E-state index in [0.717, 1.165) is 0 Å². The van der Waals surface area contributed by atoms with E-state index in [0.29, 0.717) is 5.56 Å². The summed E-state index contributed by atoms with van der Waals surface area (Å²) < 4.78 is 18.0. The maximum Gasteiger partial charge on any atom is 0.328 e. The monoisotopic (exact) mass is 363 g/mol. The van der Waals surface area contributed by atoms with Gasteiger partial charge in [0.25, 0.3) is 0 Å². The van der Waals surface area contributed by atoms with Crippen molar-refractivity contribution in [3.05, 3.63) is 35.6 Å². The maximum absolute atomic E-state index is 13.4. The van der Waals surface area contributed by atoms with Crippen molar-refractivity contribution in [2.24, 2.45) is 5.92 Å². The fraction of sp³-hybridized carbons (Fsp3) is 0.444. The molecule has 0 unspecified atom stereocenters. The number of ether oxygens (including phenoxy) is 1. The Hall–Kier alpha value is -2.95. The van der Waals surface area contributed by atoms with Crippen LogP contribution in [0.3, 0.4) is 0 Å². The Kier molecular flexibility index (Phi) is 8.22. The van der Waals surface area contributed by atoms with E-state index in [1.165, 1.54) is 32.2 Å². The Balaban J connectivity index is 2.97. The van der Waals surface area contributed by atoms with Crippen LogP contribution >= 0.6 is 0 Å².